The van der Waals surface area contributed by atoms with Crippen LogP contribution in [0.3, 0.4) is 0 Å². The van der Waals surface area contributed by atoms with Crippen LogP contribution in [0, 0.1) is 0 Å². The van der Waals surface area contributed by atoms with Crippen molar-refractivity contribution >= 4 is 17.8 Å². The molecule has 0 aliphatic carbocycles. The highest BCUT2D eigenvalue weighted by Gasteiger charge is 2.25. The van der Waals surface area contributed by atoms with Gasteiger partial charge in [-0.1, -0.05) is 30.3 Å². The molecule has 29 heavy (non-hydrogen) atoms. The maximum Gasteiger partial charge on any atom is 0.409 e. The van der Waals surface area contributed by atoms with Crippen LogP contribution in [0.15, 0.2) is 48.7 Å². The van der Waals surface area contributed by atoms with E-state index in [1.807, 2.05) is 36.2 Å². The number of hydrogen-bond acceptors (Lipinski definition) is 5. The maximum absolute atomic E-state index is 12.7. The summed E-state index contributed by atoms with van der Waals surface area (Å²) in [5.74, 6) is 0.634. The van der Waals surface area contributed by atoms with E-state index in [0.717, 1.165) is 18.7 Å². The van der Waals surface area contributed by atoms with Gasteiger partial charge < -0.3 is 19.9 Å². The summed E-state index contributed by atoms with van der Waals surface area (Å²) in [6.45, 7) is 4.06. The zero-order valence-corrected chi connectivity index (χ0v) is 17.0. The Morgan fingerprint density at radius 1 is 1.21 bits per heavy atom. The molecule has 0 radical (unpaired) electrons. The molecule has 7 heteroatoms. The predicted molar refractivity (Wildman–Crippen MR) is 112 cm³/mol. The van der Waals surface area contributed by atoms with Gasteiger partial charge in [-0.05, 0) is 37.5 Å². The lowest BCUT2D eigenvalue weighted by Crippen LogP contribution is -2.46. The average Bonchev–Trinajstić information content (AvgIpc) is 2.75. The molecule has 0 saturated carbocycles. The number of hydrogen-bond donors (Lipinski definition) is 1. The Labute approximate surface area is 171 Å². The molecule has 2 aromatic rings. The SMILES string of the molecule is CCOC(=O)N1CCC(NC(=O)c2ccnc(N(C)Cc3ccccc3)c2)CC1. The minimum atomic E-state index is -0.280. The first kappa shape index (κ1) is 20.6. The van der Waals surface area contributed by atoms with E-state index < -0.39 is 0 Å². The number of pyridine rings is 1. The molecule has 0 bridgehead atoms. The summed E-state index contributed by atoms with van der Waals surface area (Å²) in [5, 5.41) is 3.08. The fraction of sp³-hybridized carbons (Fsp3) is 0.409. The molecule has 1 N–H and O–H groups in total. The van der Waals surface area contributed by atoms with Crippen molar-refractivity contribution in [3.05, 3.63) is 59.8 Å². The molecular formula is C22H28N4O3. The number of benzene rings is 1. The minimum absolute atomic E-state index is 0.0480. The number of likely N-dealkylation sites (tertiary alicyclic amines) is 1. The maximum atomic E-state index is 12.7. The molecule has 2 heterocycles. The van der Waals surface area contributed by atoms with Crippen molar-refractivity contribution in [2.75, 3.05) is 31.6 Å². The van der Waals surface area contributed by atoms with Crippen molar-refractivity contribution in [1.82, 2.24) is 15.2 Å². The molecule has 154 valence electrons. The second-order valence-electron chi connectivity index (χ2n) is 7.18. The Kier molecular flexibility index (Phi) is 7.05. The molecule has 1 fully saturated rings. The van der Waals surface area contributed by atoms with Crippen LogP contribution in [0.1, 0.15) is 35.7 Å². The molecule has 0 atom stereocenters. The number of nitrogens with one attached hydrogen (secondary N) is 1. The van der Waals surface area contributed by atoms with Gasteiger partial charge in [0.15, 0.2) is 0 Å². The average molecular weight is 396 g/mol. The number of aromatic nitrogens is 1. The molecule has 3 rings (SSSR count). The number of rotatable bonds is 6. The standard InChI is InChI=1S/C22H28N4O3/c1-3-29-22(28)26-13-10-19(11-14-26)24-21(27)18-9-12-23-20(15-18)25(2)16-17-7-5-4-6-8-17/h4-9,12,15,19H,3,10-11,13-14,16H2,1-2H3,(H,24,27). The number of anilines is 1. The Bertz CT molecular complexity index is 820. The third-order valence-corrected chi connectivity index (χ3v) is 5.02. The van der Waals surface area contributed by atoms with E-state index in [0.29, 0.717) is 31.8 Å². The summed E-state index contributed by atoms with van der Waals surface area (Å²) in [7, 11) is 1.96. The Hall–Kier alpha value is -3.09. The van der Waals surface area contributed by atoms with E-state index in [1.54, 1.807) is 24.1 Å². The number of amides is 2. The van der Waals surface area contributed by atoms with Gasteiger partial charge >= 0.3 is 6.09 Å². The van der Waals surface area contributed by atoms with Crippen molar-refractivity contribution in [2.45, 2.75) is 32.4 Å². The topological polar surface area (TPSA) is 74.8 Å². The normalized spacial score (nSPS) is 14.3. The lowest BCUT2D eigenvalue weighted by molar-refractivity contribution is 0.0860. The van der Waals surface area contributed by atoms with E-state index in [1.165, 1.54) is 5.56 Å². The lowest BCUT2D eigenvalue weighted by atomic mass is 10.0. The molecule has 1 saturated heterocycles. The van der Waals surface area contributed by atoms with E-state index in [4.69, 9.17) is 4.74 Å². The zero-order valence-electron chi connectivity index (χ0n) is 17.0. The summed E-state index contributed by atoms with van der Waals surface area (Å²) < 4.78 is 5.03. The number of ether oxygens (including phenoxy) is 1. The fourth-order valence-corrected chi connectivity index (χ4v) is 3.40. The predicted octanol–water partition coefficient (Wildman–Crippen LogP) is 3.07. The molecule has 0 spiro atoms. The Morgan fingerprint density at radius 3 is 2.62 bits per heavy atom. The first-order valence-electron chi connectivity index (χ1n) is 10.0. The van der Waals surface area contributed by atoms with Crippen molar-refractivity contribution in [1.29, 1.82) is 0 Å². The summed E-state index contributed by atoms with van der Waals surface area (Å²) in [6, 6.07) is 13.7. The Morgan fingerprint density at radius 2 is 1.93 bits per heavy atom. The van der Waals surface area contributed by atoms with Gasteiger partial charge in [-0.25, -0.2) is 9.78 Å². The van der Waals surface area contributed by atoms with E-state index in [9.17, 15) is 9.59 Å². The van der Waals surface area contributed by atoms with Crippen LogP contribution in [0.5, 0.6) is 0 Å². The first-order valence-corrected chi connectivity index (χ1v) is 10.0. The van der Waals surface area contributed by atoms with Crippen LogP contribution in [0.25, 0.3) is 0 Å². The van der Waals surface area contributed by atoms with Crippen LogP contribution in [0.4, 0.5) is 10.6 Å². The Balaban J connectivity index is 1.55. The van der Waals surface area contributed by atoms with Crippen molar-refractivity contribution < 1.29 is 14.3 Å². The van der Waals surface area contributed by atoms with Crippen LogP contribution in [-0.2, 0) is 11.3 Å². The van der Waals surface area contributed by atoms with Crippen LogP contribution in [-0.4, -0.2) is 54.7 Å². The van der Waals surface area contributed by atoms with Crippen molar-refractivity contribution in [3.63, 3.8) is 0 Å². The van der Waals surface area contributed by atoms with Gasteiger partial charge in [-0.15, -0.1) is 0 Å². The van der Waals surface area contributed by atoms with Gasteiger partial charge in [0.05, 0.1) is 6.61 Å². The number of nitrogens with zero attached hydrogens (tertiary/aromatic N) is 3. The van der Waals surface area contributed by atoms with Gasteiger partial charge in [-0.3, -0.25) is 4.79 Å². The van der Waals surface area contributed by atoms with Gasteiger partial charge in [0, 0.05) is 44.5 Å². The second kappa shape index (κ2) is 9.91. The van der Waals surface area contributed by atoms with E-state index in [-0.39, 0.29) is 18.0 Å². The monoisotopic (exact) mass is 396 g/mol. The molecular weight excluding hydrogens is 368 g/mol. The molecule has 1 aliphatic rings. The quantitative estimate of drug-likeness (QED) is 0.812. The fourth-order valence-electron chi connectivity index (χ4n) is 3.40. The molecule has 1 aromatic carbocycles. The molecule has 2 amide bonds. The number of carbonyl (C=O) groups is 2. The highest BCUT2D eigenvalue weighted by atomic mass is 16.6. The molecule has 1 aliphatic heterocycles. The van der Waals surface area contributed by atoms with Gasteiger partial charge in [0.2, 0.25) is 0 Å². The van der Waals surface area contributed by atoms with Gasteiger partial charge in [0.25, 0.3) is 5.91 Å². The minimum Gasteiger partial charge on any atom is -0.450 e. The number of piperidine rings is 1. The largest absolute Gasteiger partial charge is 0.450 e. The zero-order chi connectivity index (χ0) is 20.6. The first-order chi connectivity index (χ1) is 14.1. The summed E-state index contributed by atoms with van der Waals surface area (Å²) in [6.07, 6.45) is 2.82. The highest BCUT2D eigenvalue weighted by Crippen LogP contribution is 2.16. The van der Waals surface area contributed by atoms with E-state index >= 15 is 0 Å². The third-order valence-electron chi connectivity index (χ3n) is 5.02. The van der Waals surface area contributed by atoms with Crippen LogP contribution in [0.2, 0.25) is 0 Å². The van der Waals surface area contributed by atoms with Gasteiger partial charge in [0.1, 0.15) is 5.82 Å². The van der Waals surface area contributed by atoms with E-state index in [2.05, 4.69) is 22.4 Å². The highest BCUT2D eigenvalue weighted by molar-refractivity contribution is 5.95. The van der Waals surface area contributed by atoms with Crippen LogP contribution < -0.4 is 10.2 Å². The van der Waals surface area contributed by atoms with Crippen LogP contribution >= 0.6 is 0 Å². The summed E-state index contributed by atoms with van der Waals surface area (Å²) in [5.41, 5.74) is 1.77. The molecule has 7 nitrogen and oxygen atoms in total. The lowest BCUT2D eigenvalue weighted by Gasteiger charge is -2.31. The second-order valence-corrected chi connectivity index (χ2v) is 7.18. The van der Waals surface area contributed by atoms with Crippen molar-refractivity contribution in [2.24, 2.45) is 0 Å². The molecule has 1 aromatic heterocycles. The van der Waals surface area contributed by atoms with Gasteiger partial charge in [-0.2, -0.15) is 0 Å². The van der Waals surface area contributed by atoms with Crippen molar-refractivity contribution in [3.8, 4) is 0 Å². The summed E-state index contributed by atoms with van der Waals surface area (Å²) in [4.78, 5) is 32.6. The summed E-state index contributed by atoms with van der Waals surface area (Å²) >= 11 is 0. The number of carbonyl (C=O) groups excluding carboxylic acids is 2. The third kappa shape index (κ3) is 5.70. The smallest absolute Gasteiger partial charge is 0.409 e. The molecule has 0 unspecified atom stereocenters.